The second kappa shape index (κ2) is 9.76. The Morgan fingerprint density at radius 3 is 2.30 bits per heavy atom. The van der Waals surface area contributed by atoms with Gasteiger partial charge in [-0.3, -0.25) is 4.79 Å². The van der Waals surface area contributed by atoms with Gasteiger partial charge in [0.25, 0.3) is 0 Å². The van der Waals surface area contributed by atoms with Gasteiger partial charge in [0.15, 0.2) is 0 Å². The number of benzene rings is 1. The SMILES string of the molecule is COc1ccc(C2(CNC(=O)C3(CN)CCOCC3)CCCCC2)cc1.Cl. The number of carbonyl (C=O) groups excluding carboxylic acids is 1. The van der Waals surface area contributed by atoms with Gasteiger partial charge in [-0.15, -0.1) is 12.4 Å². The largest absolute Gasteiger partial charge is 0.497 e. The number of hydrogen-bond donors (Lipinski definition) is 2. The van der Waals surface area contributed by atoms with Crippen LogP contribution in [0.1, 0.15) is 50.5 Å². The maximum atomic E-state index is 13.0. The highest BCUT2D eigenvalue weighted by Gasteiger charge is 2.41. The van der Waals surface area contributed by atoms with E-state index in [0.29, 0.717) is 39.1 Å². The maximum Gasteiger partial charge on any atom is 0.227 e. The number of nitrogens with one attached hydrogen (secondary N) is 1. The van der Waals surface area contributed by atoms with Crippen LogP contribution in [0.2, 0.25) is 0 Å². The molecule has 2 fully saturated rings. The molecule has 0 aromatic heterocycles. The number of halogens is 1. The molecule has 2 aliphatic rings. The van der Waals surface area contributed by atoms with Crippen LogP contribution in [0.15, 0.2) is 24.3 Å². The van der Waals surface area contributed by atoms with Gasteiger partial charge in [-0.05, 0) is 43.4 Å². The van der Waals surface area contributed by atoms with Crippen LogP contribution in [0, 0.1) is 5.41 Å². The molecule has 6 heteroatoms. The minimum Gasteiger partial charge on any atom is -0.497 e. The van der Waals surface area contributed by atoms with Gasteiger partial charge >= 0.3 is 0 Å². The predicted molar refractivity (Wildman–Crippen MR) is 110 cm³/mol. The summed E-state index contributed by atoms with van der Waals surface area (Å²) in [6.45, 7) is 2.31. The van der Waals surface area contributed by atoms with Crippen LogP contribution in [-0.4, -0.2) is 39.3 Å². The van der Waals surface area contributed by atoms with Gasteiger partial charge in [-0.1, -0.05) is 31.4 Å². The maximum absolute atomic E-state index is 13.0. The van der Waals surface area contributed by atoms with Gasteiger partial charge in [0.2, 0.25) is 5.91 Å². The van der Waals surface area contributed by atoms with Crippen molar-refractivity contribution < 1.29 is 14.3 Å². The van der Waals surface area contributed by atoms with Crippen molar-refractivity contribution in [1.29, 1.82) is 0 Å². The van der Waals surface area contributed by atoms with Crippen LogP contribution in [0.3, 0.4) is 0 Å². The van der Waals surface area contributed by atoms with Crippen LogP contribution in [0.5, 0.6) is 5.75 Å². The fourth-order valence-corrected chi connectivity index (χ4v) is 4.46. The molecule has 0 atom stereocenters. The van der Waals surface area contributed by atoms with E-state index in [9.17, 15) is 4.79 Å². The van der Waals surface area contributed by atoms with Crippen molar-refractivity contribution in [1.82, 2.24) is 5.32 Å². The zero-order valence-corrected chi connectivity index (χ0v) is 17.1. The molecule has 1 aromatic rings. The molecule has 3 N–H and O–H groups in total. The van der Waals surface area contributed by atoms with E-state index in [4.69, 9.17) is 15.2 Å². The first kappa shape index (κ1) is 22.0. The van der Waals surface area contributed by atoms with Crippen LogP contribution < -0.4 is 15.8 Å². The minimum absolute atomic E-state index is 0. The number of hydrogen-bond acceptors (Lipinski definition) is 4. The highest BCUT2D eigenvalue weighted by molar-refractivity contribution is 5.85. The molecule has 0 bridgehead atoms. The molecule has 1 amide bonds. The molecule has 0 spiro atoms. The molecular weight excluding hydrogens is 364 g/mol. The number of methoxy groups -OCH3 is 1. The molecule has 1 aliphatic carbocycles. The summed E-state index contributed by atoms with van der Waals surface area (Å²) in [4.78, 5) is 13.0. The Hall–Kier alpha value is -1.30. The minimum atomic E-state index is -0.464. The first-order chi connectivity index (χ1) is 12.6. The van der Waals surface area contributed by atoms with Crippen molar-refractivity contribution in [3.63, 3.8) is 0 Å². The number of amides is 1. The number of nitrogens with two attached hydrogens (primary N) is 1. The Bertz CT molecular complexity index is 594. The Morgan fingerprint density at radius 1 is 1.11 bits per heavy atom. The summed E-state index contributed by atoms with van der Waals surface area (Å²) in [5.74, 6) is 0.967. The average Bonchev–Trinajstić information content (AvgIpc) is 2.73. The highest BCUT2D eigenvalue weighted by atomic mass is 35.5. The lowest BCUT2D eigenvalue weighted by Crippen LogP contribution is -2.52. The van der Waals surface area contributed by atoms with Crippen molar-refractivity contribution in [3.8, 4) is 5.75 Å². The van der Waals surface area contributed by atoms with Crippen molar-refractivity contribution >= 4 is 18.3 Å². The molecule has 152 valence electrons. The van der Waals surface area contributed by atoms with Crippen molar-refractivity contribution in [2.45, 2.75) is 50.4 Å². The summed E-state index contributed by atoms with van der Waals surface area (Å²) in [6, 6.07) is 8.35. The second-order valence-electron chi connectivity index (χ2n) is 7.85. The van der Waals surface area contributed by atoms with E-state index in [1.807, 2.05) is 12.1 Å². The first-order valence-electron chi connectivity index (χ1n) is 9.85. The fourth-order valence-electron chi connectivity index (χ4n) is 4.46. The summed E-state index contributed by atoms with van der Waals surface area (Å²) < 4.78 is 10.7. The third kappa shape index (κ3) is 4.76. The van der Waals surface area contributed by atoms with E-state index < -0.39 is 5.41 Å². The lowest BCUT2D eigenvalue weighted by atomic mass is 9.69. The Labute approximate surface area is 168 Å². The summed E-state index contributed by atoms with van der Waals surface area (Å²) in [5.41, 5.74) is 6.84. The number of carbonyl (C=O) groups is 1. The molecule has 1 aliphatic heterocycles. The quantitative estimate of drug-likeness (QED) is 0.774. The summed E-state index contributed by atoms with van der Waals surface area (Å²) in [5, 5.41) is 3.28. The molecule has 27 heavy (non-hydrogen) atoms. The Balaban J connectivity index is 0.00000261. The van der Waals surface area contributed by atoms with E-state index >= 15 is 0 Å². The lowest BCUT2D eigenvalue weighted by Gasteiger charge is -2.40. The Kier molecular flexibility index (Phi) is 7.95. The molecule has 5 nitrogen and oxygen atoms in total. The van der Waals surface area contributed by atoms with Gasteiger partial charge in [0.1, 0.15) is 5.75 Å². The standard InChI is InChI=1S/C21H32N2O3.ClH/c1-25-18-7-5-17(6-8-18)21(9-3-2-4-10-21)16-23-19(24)20(15-22)11-13-26-14-12-20;/h5-8H,2-4,9-16,22H2,1H3,(H,23,24);1H. The molecule has 1 saturated heterocycles. The van der Waals surface area contributed by atoms with Crippen LogP contribution >= 0.6 is 12.4 Å². The Morgan fingerprint density at radius 2 is 1.74 bits per heavy atom. The predicted octanol–water partition coefficient (Wildman–Crippen LogP) is 3.19. The van der Waals surface area contributed by atoms with Gasteiger partial charge in [-0.2, -0.15) is 0 Å². The third-order valence-electron chi connectivity index (χ3n) is 6.42. The van der Waals surface area contributed by atoms with Crippen LogP contribution in [0.25, 0.3) is 0 Å². The lowest BCUT2D eigenvalue weighted by molar-refractivity contribution is -0.136. The molecule has 0 radical (unpaired) electrons. The van der Waals surface area contributed by atoms with Crippen LogP contribution in [0.4, 0.5) is 0 Å². The zero-order chi connectivity index (χ0) is 18.5. The smallest absolute Gasteiger partial charge is 0.227 e. The topological polar surface area (TPSA) is 73.6 Å². The average molecular weight is 397 g/mol. The van der Waals surface area contributed by atoms with E-state index in [-0.39, 0.29) is 23.7 Å². The number of rotatable bonds is 6. The van der Waals surface area contributed by atoms with Crippen molar-refractivity contribution in [2.75, 3.05) is 33.4 Å². The van der Waals surface area contributed by atoms with Crippen LogP contribution in [-0.2, 0) is 14.9 Å². The molecular formula is C21H33ClN2O3. The highest BCUT2D eigenvalue weighted by Crippen LogP contribution is 2.40. The fraction of sp³-hybridized carbons (Fsp3) is 0.667. The van der Waals surface area contributed by atoms with E-state index in [0.717, 1.165) is 18.6 Å². The summed E-state index contributed by atoms with van der Waals surface area (Å²) in [6.07, 6.45) is 7.33. The normalized spacial score (nSPS) is 21.0. The third-order valence-corrected chi connectivity index (χ3v) is 6.42. The number of ether oxygens (including phenoxy) is 2. The van der Waals surface area contributed by atoms with Crippen molar-refractivity contribution in [3.05, 3.63) is 29.8 Å². The van der Waals surface area contributed by atoms with Crippen molar-refractivity contribution in [2.24, 2.45) is 11.1 Å². The second-order valence-corrected chi connectivity index (χ2v) is 7.85. The van der Waals surface area contributed by atoms with Gasteiger partial charge < -0.3 is 20.5 Å². The molecule has 3 rings (SSSR count). The van der Waals surface area contributed by atoms with E-state index in [2.05, 4.69) is 17.4 Å². The summed E-state index contributed by atoms with van der Waals surface area (Å²) in [7, 11) is 1.69. The molecule has 1 saturated carbocycles. The molecule has 1 aromatic carbocycles. The van der Waals surface area contributed by atoms with E-state index in [1.54, 1.807) is 7.11 Å². The summed E-state index contributed by atoms with van der Waals surface area (Å²) >= 11 is 0. The first-order valence-corrected chi connectivity index (χ1v) is 9.85. The molecule has 1 heterocycles. The zero-order valence-electron chi connectivity index (χ0n) is 16.3. The van der Waals surface area contributed by atoms with Gasteiger partial charge in [-0.25, -0.2) is 0 Å². The van der Waals surface area contributed by atoms with Gasteiger partial charge in [0, 0.05) is 31.7 Å². The molecule has 0 unspecified atom stereocenters. The van der Waals surface area contributed by atoms with Gasteiger partial charge in [0.05, 0.1) is 12.5 Å². The van der Waals surface area contributed by atoms with E-state index in [1.165, 1.54) is 24.8 Å². The monoisotopic (exact) mass is 396 g/mol.